The Balaban J connectivity index is 1.88. The van der Waals surface area contributed by atoms with Crippen LogP contribution in [0.15, 0.2) is 36.4 Å². The van der Waals surface area contributed by atoms with Crippen molar-refractivity contribution in [1.29, 1.82) is 0 Å². The Morgan fingerprint density at radius 3 is 2.64 bits per heavy atom. The summed E-state index contributed by atoms with van der Waals surface area (Å²) in [6, 6.07) is 11.4. The molecule has 0 spiro atoms. The van der Waals surface area contributed by atoms with Gasteiger partial charge in [-0.05, 0) is 50.1 Å². The summed E-state index contributed by atoms with van der Waals surface area (Å²) in [4.78, 5) is 27.6. The van der Waals surface area contributed by atoms with Gasteiger partial charge in [-0.2, -0.15) is 0 Å². The molecule has 28 heavy (non-hydrogen) atoms. The fraction of sp³-hybridized carbons (Fsp3) is 0.273. The van der Waals surface area contributed by atoms with Gasteiger partial charge in [0.25, 0.3) is 5.91 Å². The summed E-state index contributed by atoms with van der Waals surface area (Å²) in [6.07, 6.45) is 1.31. The first-order valence-electron chi connectivity index (χ1n) is 9.33. The van der Waals surface area contributed by atoms with E-state index in [4.69, 9.17) is 11.6 Å². The number of carbonyl (C=O) groups excluding carboxylic acids is 2. The number of aryl methyl sites for hydroxylation is 3. The maximum absolute atomic E-state index is 13.3. The van der Waals surface area contributed by atoms with Crippen molar-refractivity contribution in [3.8, 4) is 0 Å². The number of hydrogen-bond donors (Lipinski definition) is 1. The molecule has 0 saturated carbocycles. The first-order chi connectivity index (χ1) is 13.4. The van der Waals surface area contributed by atoms with E-state index in [9.17, 15) is 9.59 Å². The standard InChI is InChI=1S/C22H22ClN3O2/c1-13-6-9-18-16(11-13)20(26-10-4-5-19(26)27)21(25(18)3)22(28)24-17-12-15(23)8-7-14(17)2/h6-9,11-12H,4-5,10H2,1-3H3,(H,24,28). The van der Waals surface area contributed by atoms with Crippen molar-refractivity contribution in [2.45, 2.75) is 26.7 Å². The number of rotatable bonds is 3. The molecule has 144 valence electrons. The van der Waals surface area contributed by atoms with E-state index in [1.807, 2.05) is 49.7 Å². The van der Waals surface area contributed by atoms with Crippen molar-refractivity contribution < 1.29 is 9.59 Å². The highest BCUT2D eigenvalue weighted by molar-refractivity contribution is 6.31. The fourth-order valence-corrected chi connectivity index (χ4v) is 4.04. The molecule has 2 amide bonds. The van der Waals surface area contributed by atoms with Crippen LogP contribution >= 0.6 is 11.6 Å². The number of anilines is 2. The number of aromatic nitrogens is 1. The molecule has 5 nitrogen and oxygen atoms in total. The second kappa shape index (κ2) is 6.99. The van der Waals surface area contributed by atoms with Gasteiger partial charge in [-0.3, -0.25) is 9.59 Å². The number of nitrogens with one attached hydrogen (secondary N) is 1. The monoisotopic (exact) mass is 395 g/mol. The molecule has 1 saturated heterocycles. The Labute approximate surface area is 168 Å². The summed E-state index contributed by atoms with van der Waals surface area (Å²) in [5.74, 6) is -0.196. The van der Waals surface area contributed by atoms with Crippen LogP contribution in [0.25, 0.3) is 10.9 Å². The highest BCUT2D eigenvalue weighted by atomic mass is 35.5. The van der Waals surface area contributed by atoms with Gasteiger partial charge >= 0.3 is 0 Å². The first kappa shape index (κ1) is 18.6. The Morgan fingerprint density at radius 1 is 1.14 bits per heavy atom. The van der Waals surface area contributed by atoms with Crippen molar-refractivity contribution in [3.05, 3.63) is 58.2 Å². The van der Waals surface area contributed by atoms with Gasteiger partial charge in [-0.25, -0.2) is 0 Å². The van der Waals surface area contributed by atoms with Gasteiger partial charge in [-0.1, -0.05) is 29.3 Å². The van der Waals surface area contributed by atoms with E-state index in [-0.39, 0.29) is 11.8 Å². The molecule has 2 aromatic carbocycles. The lowest BCUT2D eigenvalue weighted by molar-refractivity contribution is -0.117. The number of amides is 2. The predicted octanol–water partition coefficient (Wildman–Crippen LogP) is 4.83. The van der Waals surface area contributed by atoms with E-state index in [0.29, 0.717) is 35.1 Å². The quantitative estimate of drug-likeness (QED) is 0.690. The zero-order chi connectivity index (χ0) is 20.0. The van der Waals surface area contributed by atoms with Crippen molar-refractivity contribution in [3.63, 3.8) is 0 Å². The van der Waals surface area contributed by atoms with Gasteiger partial charge in [-0.15, -0.1) is 0 Å². The lowest BCUT2D eigenvalue weighted by atomic mass is 10.1. The lowest BCUT2D eigenvalue weighted by Crippen LogP contribution is -2.27. The molecule has 1 N–H and O–H groups in total. The zero-order valence-corrected chi connectivity index (χ0v) is 16.9. The first-order valence-corrected chi connectivity index (χ1v) is 9.71. The minimum absolute atomic E-state index is 0.0574. The Morgan fingerprint density at radius 2 is 1.93 bits per heavy atom. The van der Waals surface area contributed by atoms with Gasteiger partial charge in [0.15, 0.2) is 0 Å². The van der Waals surface area contributed by atoms with Crippen LogP contribution < -0.4 is 10.2 Å². The van der Waals surface area contributed by atoms with Crippen molar-refractivity contribution in [2.24, 2.45) is 7.05 Å². The maximum atomic E-state index is 13.3. The van der Waals surface area contributed by atoms with Gasteiger partial charge in [0.2, 0.25) is 5.91 Å². The summed E-state index contributed by atoms with van der Waals surface area (Å²) in [5, 5.41) is 4.46. The summed E-state index contributed by atoms with van der Waals surface area (Å²) in [6.45, 7) is 4.56. The van der Waals surface area contributed by atoms with Crippen molar-refractivity contribution >= 4 is 45.7 Å². The molecule has 4 rings (SSSR count). The molecule has 3 aromatic rings. The van der Waals surface area contributed by atoms with Crippen LogP contribution in [-0.2, 0) is 11.8 Å². The third-order valence-corrected chi connectivity index (χ3v) is 5.57. The minimum Gasteiger partial charge on any atom is -0.338 e. The van der Waals surface area contributed by atoms with Crippen LogP contribution in [0.5, 0.6) is 0 Å². The molecular formula is C22H22ClN3O2. The fourth-order valence-electron chi connectivity index (χ4n) is 3.87. The molecule has 1 aromatic heterocycles. The van der Waals surface area contributed by atoms with Crippen LogP contribution in [0.1, 0.15) is 34.5 Å². The molecular weight excluding hydrogens is 374 g/mol. The second-order valence-corrected chi connectivity index (χ2v) is 7.78. The van der Waals surface area contributed by atoms with Crippen LogP contribution in [0.2, 0.25) is 5.02 Å². The third kappa shape index (κ3) is 3.06. The third-order valence-electron chi connectivity index (χ3n) is 5.33. The molecule has 1 aliphatic heterocycles. The van der Waals surface area contributed by atoms with Crippen molar-refractivity contribution in [2.75, 3.05) is 16.8 Å². The summed E-state index contributed by atoms with van der Waals surface area (Å²) in [7, 11) is 1.86. The van der Waals surface area contributed by atoms with E-state index < -0.39 is 0 Å². The van der Waals surface area contributed by atoms with Gasteiger partial charge in [0, 0.05) is 36.1 Å². The number of hydrogen-bond acceptors (Lipinski definition) is 2. The summed E-state index contributed by atoms with van der Waals surface area (Å²) in [5.41, 5.74) is 4.77. The van der Waals surface area contributed by atoms with Gasteiger partial charge in [0.1, 0.15) is 5.69 Å². The van der Waals surface area contributed by atoms with Crippen LogP contribution in [-0.4, -0.2) is 22.9 Å². The number of halogens is 1. The van der Waals surface area contributed by atoms with Gasteiger partial charge in [0.05, 0.1) is 11.2 Å². The molecule has 0 atom stereocenters. The van der Waals surface area contributed by atoms with E-state index in [0.717, 1.165) is 28.5 Å². The molecule has 1 fully saturated rings. The highest BCUT2D eigenvalue weighted by Gasteiger charge is 2.31. The number of fused-ring (bicyclic) bond motifs is 1. The normalized spacial score (nSPS) is 14.1. The average molecular weight is 396 g/mol. The Kier molecular flexibility index (Phi) is 4.63. The summed E-state index contributed by atoms with van der Waals surface area (Å²) < 4.78 is 1.87. The summed E-state index contributed by atoms with van der Waals surface area (Å²) >= 11 is 6.10. The molecule has 1 aliphatic rings. The predicted molar refractivity (Wildman–Crippen MR) is 113 cm³/mol. The molecule has 6 heteroatoms. The second-order valence-electron chi connectivity index (χ2n) is 7.34. The zero-order valence-electron chi connectivity index (χ0n) is 16.2. The number of benzene rings is 2. The number of carbonyl (C=O) groups is 2. The maximum Gasteiger partial charge on any atom is 0.274 e. The molecule has 0 aliphatic carbocycles. The minimum atomic E-state index is -0.253. The molecule has 0 bridgehead atoms. The lowest BCUT2D eigenvalue weighted by Gasteiger charge is -2.18. The van der Waals surface area contributed by atoms with Gasteiger partial charge < -0.3 is 14.8 Å². The topological polar surface area (TPSA) is 54.3 Å². The molecule has 0 unspecified atom stereocenters. The van der Waals surface area contributed by atoms with E-state index in [1.165, 1.54) is 0 Å². The smallest absolute Gasteiger partial charge is 0.274 e. The Bertz CT molecular complexity index is 1120. The molecule has 0 radical (unpaired) electrons. The average Bonchev–Trinajstić information content (AvgIpc) is 3.18. The van der Waals surface area contributed by atoms with Crippen LogP contribution in [0, 0.1) is 13.8 Å². The van der Waals surface area contributed by atoms with Crippen LogP contribution in [0.4, 0.5) is 11.4 Å². The number of nitrogens with zero attached hydrogens (tertiary/aromatic N) is 2. The van der Waals surface area contributed by atoms with E-state index in [2.05, 4.69) is 5.32 Å². The SMILES string of the molecule is Cc1ccc2c(c1)c(N1CCCC1=O)c(C(=O)Nc1cc(Cl)ccc1C)n2C. The van der Waals surface area contributed by atoms with Crippen LogP contribution in [0.3, 0.4) is 0 Å². The molecule has 2 heterocycles. The Hall–Kier alpha value is -2.79. The largest absolute Gasteiger partial charge is 0.338 e. The van der Waals surface area contributed by atoms with Crippen molar-refractivity contribution in [1.82, 2.24) is 4.57 Å². The van der Waals surface area contributed by atoms with E-state index in [1.54, 1.807) is 17.0 Å². The van der Waals surface area contributed by atoms with E-state index >= 15 is 0 Å². The highest BCUT2D eigenvalue weighted by Crippen LogP contribution is 2.37.